The van der Waals surface area contributed by atoms with E-state index in [0.29, 0.717) is 68.9 Å². The molecule has 166 valence electrons. The van der Waals surface area contributed by atoms with Crippen molar-refractivity contribution >= 4 is 23.6 Å². The molecule has 2 aliphatic rings. The third kappa shape index (κ3) is 6.78. The summed E-state index contributed by atoms with van der Waals surface area (Å²) in [5.74, 6) is 0.981. The van der Waals surface area contributed by atoms with Crippen molar-refractivity contribution in [2.75, 3.05) is 59.2 Å². The van der Waals surface area contributed by atoms with Gasteiger partial charge in [-0.15, -0.1) is 0 Å². The van der Waals surface area contributed by atoms with Crippen LogP contribution in [0.3, 0.4) is 0 Å². The highest BCUT2D eigenvalue weighted by atomic mass is 35.5. The molecule has 0 aromatic heterocycles. The second-order valence-corrected chi connectivity index (χ2v) is 7.46. The van der Waals surface area contributed by atoms with Gasteiger partial charge in [0.15, 0.2) is 11.5 Å². The number of amides is 1. The molecule has 0 N–H and O–H groups in total. The van der Waals surface area contributed by atoms with Crippen LogP contribution in [0.25, 0.3) is 6.08 Å². The maximum Gasteiger partial charge on any atom is 0.411 e. The third-order valence-corrected chi connectivity index (χ3v) is 5.03. The zero-order chi connectivity index (χ0) is 21.6. The Hall–Kier alpha value is -1.97. The summed E-state index contributed by atoms with van der Waals surface area (Å²) in [7, 11) is 0. The first kappa shape index (κ1) is 22.7. The molecule has 3 rings (SSSR count). The van der Waals surface area contributed by atoms with Crippen LogP contribution in [-0.2, 0) is 9.53 Å². The van der Waals surface area contributed by atoms with Crippen molar-refractivity contribution in [2.45, 2.75) is 12.6 Å². The highest BCUT2D eigenvalue weighted by Gasteiger charge is 2.27. The highest BCUT2D eigenvalue weighted by Crippen LogP contribution is 2.38. The van der Waals surface area contributed by atoms with Gasteiger partial charge in [0.25, 0.3) is 0 Å². The summed E-state index contributed by atoms with van der Waals surface area (Å²) >= 11 is 6.21. The summed E-state index contributed by atoms with van der Waals surface area (Å²) in [6, 6.07) is 3.50. The van der Waals surface area contributed by atoms with Crippen molar-refractivity contribution in [1.29, 1.82) is 0 Å². The smallest absolute Gasteiger partial charge is 0.411 e. The summed E-state index contributed by atoms with van der Waals surface area (Å²) in [4.78, 5) is 16.3. The SMILES string of the molecule is O=C(/C=C/c1cc(Cl)c2c(c1)OCCO2)N1CCN(CCCOCC(F)(F)F)CC1. The van der Waals surface area contributed by atoms with Crippen LogP contribution >= 0.6 is 11.6 Å². The minimum absolute atomic E-state index is 0.0689. The van der Waals surface area contributed by atoms with Crippen LogP contribution in [0.5, 0.6) is 11.5 Å². The van der Waals surface area contributed by atoms with E-state index >= 15 is 0 Å². The standard InChI is InChI=1S/C20H24ClF3N2O4/c21-16-12-15(13-17-19(16)30-11-10-29-17)2-3-18(27)26-7-5-25(6-8-26)4-1-9-28-14-20(22,23)24/h2-3,12-13H,1,4-11,14H2/b3-2+. The molecular weight excluding hydrogens is 425 g/mol. The molecule has 10 heteroatoms. The van der Waals surface area contributed by atoms with E-state index in [4.69, 9.17) is 21.1 Å². The molecule has 0 unspecified atom stereocenters. The number of alkyl halides is 3. The van der Waals surface area contributed by atoms with Gasteiger partial charge in [-0.3, -0.25) is 9.69 Å². The molecule has 1 fully saturated rings. The molecule has 0 saturated carbocycles. The fourth-order valence-electron chi connectivity index (χ4n) is 3.27. The van der Waals surface area contributed by atoms with E-state index in [2.05, 4.69) is 9.64 Å². The summed E-state index contributed by atoms with van der Waals surface area (Å²) in [5, 5.41) is 0.437. The Bertz CT molecular complexity index is 765. The Balaban J connectivity index is 1.41. The van der Waals surface area contributed by atoms with Gasteiger partial charge in [-0.1, -0.05) is 11.6 Å². The van der Waals surface area contributed by atoms with Crippen molar-refractivity contribution in [1.82, 2.24) is 9.80 Å². The minimum Gasteiger partial charge on any atom is -0.486 e. The zero-order valence-corrected chi connectivity index (χ0v) is 17.2. The molecule has 1 amide bonds. The largest absolute Gasteiger partial charge is 0.486 e. The molecule has 0 bridgehead atoms. The Morgan fingerprint density at radius 1 is 1.17 bits per heavy atom. The lowest BCUT2D eigenvalue weighted by Crippen LogP contribution is -2.48. The molecule has 6 nitrogen and oxygen atoms in total. The van der Waals surface area contributed by atoms with Crippen LogP contribution in [0.1, 0.15) is 12.0 Å². The molecule has 30 heavy (non-hydrogen) atoms. The van der Waals surface area contributed by atoms with Gasteiger partial charge in [-0.2, -0.15) is 13.2 Å². The number of carbonyl (C=O) groups is 1. The Morgan fingerprint density at radius 2 is 1.90 bits per heavy atom. The predicted octanol–water partition coefficient (Wildman–Crippen LogP) is 3.24. The lowest BCUT2D eigenvalue weighted by Gasteiger charge is -2.34. The second kappa shape index (κ2) is 10.4. The maximum atomic E-state index is 12.5. The lowest BCUT2D eigenvalue weighted by molar-refractivity contribution is -0.174. The first-order chi connectivity index (χ1) is 14.3. The van der Waals surface area contributed by atoms with Crippen LogP contribution in [0.4, 0.5) is 13.2 Å². The van der Waals surface area contributed by atoms with Crippen molar-refractivity contribution in [3.8, 4) is 11.5 Å². The molecule has 1 aromatic carbocycles. The molecule has 1 aromatic rings. The first-order valence-electron chi connectivity index (χ1n) is 9.75. The average molecular weight is 449 g/mol. The molecule has 0 spiro atoms. The molecular formula is C20H24ClF3N2O4. The number of halogens is 4. The van der Waals surface area contributed by atoms with E-state index in [1.807, 2.05) is 0 Å². The number of rotatable bonds is 7. The summed E-state index contributed by atoms with van der Waals surface area (Å²) in [5.41, 5.74) is 0.745. The molecule has 2 heterocycles. The van der Waals surface area contributed by atoms with E-state index in [-0.39, 0.29) is 12.5 Å². The monoisotopic (exact) mass is 448 g/mol. The number of benzene rings is 1. The van der Waals surface area contributed by atoms with Gasteiger partial charge in [-0.25, -0.2) is 0 Å². The third-order valence-electron chi connectivity index (χ3n) is 4.75. The Labute approximate surface area is 178 Å². The maximum absolute atomic E-state index is 12.5. The van der Waals surface area contributed by atoms with Crippen LogP contribution in [-0.4, -0.2) is 81.0 Å². The highest BCUT2D eigenvalue weighted by molar-refractivity contribution is 6.32. The minimum atomic E-state index is -4.29. The summed E-state index contributed by atoms with van der Waals surface area (Å²) in [6.45, 7) is 2.88. The summed E-state index contributed by atoms with van der Waals surface area (Å²) < 4.78 is 51.7. The molecule has 0 atom stereocenters. The van der Waals surface area contributed by atoms with Gasteiger partial charge in [0, 0.05) is 45.4 Å². The van der Waals surface area contributed by atoms with E-state index in [1.165, 1.54) is 6.08 Å². The number of hydrogen-bond donors (Lipinski definition) is 0. The quantitative estimate of drug-likeness (QED) is 0.473. The first-order valence-corrected chi connectivity index (χ1v) is 10.1. The number of hydrogen-bond acceptors (Lipinski definition) is 5. The van der Waals surface area contributed by atoms with Gasteiger partial charge in [0.05, 0.1) is 5.02 Å². The zero-order valence-electron chi connectivity index (χ0n) is 16.4. The number of piperazine rings is 1. The van der Waals surface area contributed by atoms with Gasteiger partial charge in [0.1, 0.15) is 19.8 Å². The van der Waals surface area contributed by atoms with E-state index in [1.54, 1.807) is 23.1 Å². The van der Waals surface area contributed by atoms with Gasteiger partial charge >= 0.3 is 6.18 Å². The van der Waals surface area contributed by atoms with Crippen molar-refractivity contribution in [3.05, 3.63) is 28.8 Å². The Morgan fingerprint density at radius 3 is 2.63 bits per heavy atom. The van der Waals surface area contributed by atoms with Gasteiger partial charge < -0.3 is 19.1 Å². The molecule has 0 radical (unpaired) electrons. The average Bonchev–Trinajstić information content (AvgIpc) is 2.71. The van der Waals surface area contributed by atoms with Crippen molar-refractivity contribution in [2.24, 2.45) is 0 Å². The number of fused-ring (bicyclic) bond motifs is 1. The molecule has 2 aliphatic heterocycles. The van der Waals surface area contributed by atoms with Crippen LogP contribution < -0.4 is 9.47 Å². The van der Waals surface area contributed by atoms with E-state index < -0.39 is 12.8 Å². The Kier molecular flexibility index (Phi) is 7.85. The van der Waals surface area contributed by atoms with Crippen molar-refractivity contribution in [3.63, 3.8) is 0 Å². The number of carbonyl (C=O) groups excluding carboxylic acids is 1. The fourth-order valence-corrected chi connectivity index (χ4v) is 3.54. The van der Waals surface area contributed by atoms with Crippen molar-refractivity contribution < 1.29 is 32.2 Å². The number of ether oxygens (including phenoxy) is 3. The van der Waals surface area contributed by atoms with Crippen LogP contribution in [0.15, 0.2) is 18.2 Å². The normalized spacial score (nSPS) is 17.5. The fraction of sp³-hybridized carbons (Fsp3) is 0.550. The van der Waals surface area contributed by atoms with E-state index in [0.717, 1.165) is 5.56 Å². The van der Waals surface area contributed by atoms with Crippen LogP contribution in [0, 0.1) is 0 Å². The van der Waals surface area contributed by atoms with E-state index in [9.17, 15) is 18.0 Å². The molecule has 0 aliphatic carbocycles. The second-order valence-electron chi connectivity index (χ2n) is 7.05. The topological polar surface area (TPSA) is 51.2 Å². The predicted molar refractivity (Wildman–Crippen MR) is 106 cm³/mol. The van der Waals surface area contributed by atoms with Crippen LogP contribution in [0.2, 0.25) is 5.02 Å². The lowest BCUT2D eigenvalue weighted by atomic mass is 10.1. The van der Waals surface area contributed by atoms with Gasteiger partial charge in [-0.05, 0) is 30.2 Å². The summed E-state index contributed by atoms with van der Waals surface area (Å²) in [6.07, 6.45) is -0.571. The number of nitrogens with zero attached hydrogens (tertiary/aromatic N) is 2. The molecule has 1 saturated heterocycles. The van der Waals surface area contributed by atoms with Gasteiger partial charge in [0.2, 0.25) is 5.91 Å².